The largest absolute Gasteiger partial charge is 0.378 e. The lowest BCUT2D eigenvalue weighted by molar-refractivity contribution is 0.122. The van der Waals surface area contributed by atoms with E-state index >= 15 is 0 Å². The van der Waals surface area contributed by atoms with E-state index < -0.39 is 0 Å². The van der Waals surface area contributed by atoms with Crippen LogP contribution >= 0.6 is 0 Å². The minimum absolute atomic E-state index is 0.749. The molecule has 2 aromatic heterocycles. The molecular weight excluding hydrogens is 206 g/mol. The molecular formula is C10H13N5O. The van der Waals surface area contributed by atoms with E-state index in [4.69, 9.17) is 4.74 Å². The molecule has 6 nitrogen and oxygen atoms in total. The number of fused-ring (bicyclic) bond motifs is 1. The number of rotatable bonds is 1. The second-order valence-corrected chi connectivity index (χ2v) is 3.84. The van der Waals surface area contributed by atoms with Crippen LogP contribution in [0.15, 0.2) is 12.5 Å². The molecule has 0 radical (unpaired) electrons. The quantitative estimate of drug-likeness (QED) is 0.685. The smallest absolute Gasteiger partial charge is 0.186 e. The highest BCUT2D eigenvalue weighted by Crippen LogP contribution is 2.22. The van der Waals surface area contributed by atoms with Gasteiger partial charge < -0.3 is 9.64 Å². The van der Waals surface area contributed by atoms with Crippen molar-refractivity contribution in [1.82, 2.24) is 19.7 Å². The van der Waals surface area contributed by atoms with E-state index in [1.165, 1.54) is 0 Å². The Kier molecular flexibility index (Phi) is 2.21. The third-order valence-electron chi connectivity index (χ3n) is 2.72. The lowest BCUT2D eigenvalue weighted by Gasteiger charge is -2.27. The Labute approximate surface area is 92.9 Å². The van der Waals surface area contributed by atoms with E-state index in [0.29, 0.717) is 0 Å². The SMILES string of the molecule is Cn1cc2c(N3CCOCC3)ncnc2n1. The number of ether oxygens (including phenoxy) is 1. The zero-order valence-corrected chi connectivity index (χ0v) is 9.13. The van der Waals surface area contributed by atoms with Crippen LogP contribution in [0.25, 0.3) is 11.0 Å². The van der Waals surface area contributed by atoms with Gasteiger partial charge in [-0.2, -0.15) is 5.10 Å². The van der Waals surface area contributed by atoms with Crippen molar-refractivity contribution in [3.05, 3.63) is 12.5 Å². The predicted molar refractivity (Wildman–Crippen MR) is 59.3 cm³/mol. The first-order chi connectivity index (χ1) is 7.84. The number of aryl methyl sites for hydroxylation is 1. The van der Waals surface area contributed by atoms with Crippen LogP contribution < -0.4 is 4.90 Å². The van der Waals surface area contributed by atoms with E-state index in [0.717, 1.165) is 43.2 Å². The highest BCUT2D eigenvalue weighted by atomic mass is 16.5. The second kappa shape index (κ2) is 3.71. The molecule has 0 saturated carbocycles. The van der Waals surface area contributed by atoms with Gasteiger partial charge in [-0.1, -0.05) is 0 Å². The van der Waals surface area contributed by atoms with Gasteiger partial charge in [-0.05, 0) is 0 Å². The van der Waals surface area contributed by atoms with Gasteiger partial charge >= 0.3 is 0 Å². The van der Waals surface area contributed by atoms with Crippen LogP contribution in [0, 0.1) is 0 Å². The minimum atomic E-state index is 0.749. The molecule has 0 N–H and O–H groups in total. The summed E-state index contributed by atoms with van der Waals surface area (Å²) in [4.78, 5) is 10.7. The van der Waals surface area contributed by atoms with Crippen molar-refractivity contribution in [2.24, 2.45) is 7.05 Å². The third kappa shape index (κ3) is 1.51. The zero-order valence-electron chi connectivity index (χ0n) is 9.13. The summed E-state index contributed by atoms with van der Waals surface area (Å²) in [5.41, 5.74) is 0.749. The van der Waals surface area contributed by atoms with E-state index in [2.05, 4.69) is 20.0 Å². The molecule has 0 amide bonds. The fraction of sp³-hybridized carbons (Fsp3) is 0.500. The Balaban J connectivity index is 2.07. The lowest BCUT2D eigenvalue weighted by Crippen LogP contribution is -2.36. The summed E-state index contributed by atoms with van der Waals surface area (Å²) in [6, 6.07) is 0. The maximum absolute atomic E-state index is 5.33. The summed E-state index contributed by atoms with van der Waals surface area (Å²) >= 11 is 0. The molecule has 0 spiro atoms. The summed E-state index contributed by atoms with van der Waals surface area (Å²) in [7, 11) is 1.89. The Morgan fingerprint density at radius 1 is 1.25 bits per heavy atom. The first-order valence-electron chi connectivity index (χ1n) is 5.31. The molecule has 84 valence electrons. The number of anilines is 1. The molecule has 0 atom stereocenters. The summed E-state index contributed by atoms with van der Waals surface area (Å²) in [6.45, 7) is 3.26. The van der Waals surface area contributed by atoms with Gasteiger partial charge in [0.1, 0.15) is 12.1 Å². The third-order valence-corrected chi connectivity index (χ3v) is 2.72. The molecule has 3 rings (SSSR count). The molecule has 0 aromatic carbocycles. The van der Waals surface area contributed by atoms with Gasteiger partial charge in [0.25, 0.3) is 0 Å². The summed E-state index contributed by atoms with van der Waals surface area (Å²) in [5, 5.41) is 5.28. The molecule has 6 heteroatoms. The Hall–Kier alpha value is -1.69. The fourth-order valence-electron chi connectivity index (χ4n) is 1.96. The monoisotopic (exact) mass is 219 g/mol. The van der Waals surface area contributed by atoms with Gasteiger partial charge in [-0.15, -0.1) is 0 Å². The van der Waals surface area contributed by atoms with Crippen molar-refractivity contribution < 1.29 is 4.74 Å². The molecule has 3 heterocycles. The van der Waals surface area contributed by atoms with Crippen LogP contribution in [0.2, 0.25) is 0 Å². The van der Waals surface area contributed by atoms with Crippen LogP contribution in [-0.2, 0) is 11.8 Å². The standard InChI is InChI=1S/C10H13N5O/c1-14-6-8-9(13-14)11-7-12-10(8)15-2-4-16-5-3-15/h6-7H,2-5H2,1H3. The number of morpholine rings is 1. The van der Waals surface area contributed by atoms with Crippen molar-refractivity contribution >= 4 is 16.9 Å². The molecule has 16 heavy (non-hydrogen) atoms. The first kappa shape index (κ1) is 9.53. The van der Waals surface area contributed by atoms with Crippen molar-refractivity contribution in [3.8, 4) is 0 Å². The number of aromatic nitrogens is 4. The second-order valence-electron chi connectivity index (χ2n) is 3.84. The molecule has 0 bridgehead atoms. The van der Waals surface area contributed by atoms with Crippen LogP contribution in [-0.4, -0.2) is 46.1 Å². The predicted octanol–water partition coefficient (Wildman–Crippen LogP) is 0.200. The average Bonchev–Trinajstić information content (AvgIpc) is 2.70. The first-order valence-corrected chi connectivity index (χ1v) is 5.31. The maximum Gasteiger partial charge on any atom is 0.186 e. The number of hydrogen-bond donors (Lipinski definition) is 0. The molecule has 1 aliphatic heterocycles. The van der Waals surface area contributed by atoms with E-state index in [1.54, 1.807) is 11.0 Å². The van der Waals surface area contributed by atoms with Gasteiger partial charge in [0.2, 0.25) is 0 Å². The van der Waals surface area contributed by atoms with Crippen LogP contribution in [0.4, 0.5) is 5.82 Å². The van der Waals surface area contributed by atoms with Crippen LogP contribution in [0.3, 0.4) is 0 Å². The Bertz CT molecular complexity index is 503. The normalized spacial score (nSPS) is 16.9. The molecule has 1 aliphatic rings. The average molecular weight is 219 g/mol. The van der Waals surface area contributed by atoms with Gasteiger partial charge in [0.15, 0.2) is 5.65 Å². The highest BCUT2D eigenvalue weighted by Gasteiger charge is 2.16. The summed E-state index contributed by atoms with van der Waals surface area (Å²) in [5.74, 6) is 0.960. The van der Waals surface area contributed by atoms with Crippen molar-refractivity contribution in [2.45, 2.75) is 0 Å². The fourth-order valence-corrected chi connectivity index (χ4v) is 1.96. The Morgan fingerprint density at radius 2 is 2.06 bits per heavy atom. The number of hydrogen-bond acceptors (Lipinski definition) is 5. The van der Waals surface area contributed by atoms with Gasteiger partial charge in [0.05, 0.1) is 18.6 Å². The van der Waals surface area contributed by atoms with Crippen molar-refractivity contribution in [2.75, 3.05) is 31.2 Å². The zero-order chi connectivity index (χ0) is 11.0. The topological polar surface area (TPSA) is 56.1 Å². The van der Waals surface area contributed by atoms with Gasteiger partial charge in [-0.3, -0.25) is 4.68 Å². The van der Waals surface area contributed by atoms with Crippen molar-refractivity contribution in [1.29, 1.82) is 0 Å². The van der Waals surface area contributed by atoms with Crippen molar-refractivity contribution in [3.63, 3.8) is 0 Å². The van der Waals surface area contributed by atoms with Crippen LogP contribution in [0.5, 0.6) is 0 Å². The summed E-state index contributed by atoms with van der Waals surface area (Å²) < 4.78 is 7.10. The summed E-state index contributed by atoms with van der Waals surface area (Å²) in [6.07, 6.45) is 3.53. The number of nitrogens with zero attached hydrogens (tertiary/aromatic N) is 5. The van der Waals surface area contributed by atoms with Crippen LogP contribution in [0.1, 0.15) is 0 Å². The molecule has 0 aliphatic carbocycles. The Morgan fingerprint density at radius 3 is 2.88 bits per heavy atom. The maximum atomic E-state index is 5.33. The van der Waals surface area contributed by atoms with Gasteiger partial charge in [-0.25, -0.2) is 9.97 Å². The molecule has 0 unspecified atom stereocenters. The highest BCUT2D eigenvalue weighted by molar-refractivity contribution is 5.86. The lowest BCUT2D eigenvalue weighted by atomic mass is 10.3. The minimum Gasteiger partial charge on any atom is -0.378 e. The van der Waals surface area contributed by atoms with E-state index in [9.17, 15) is 0 Å². The van der Waals surface area contributed by atoms with Gasteiger partial charge in [0, 0.05) is 26.3 Å². The molecule has 1 fully saturated rings. The molecule has 1 saturated heterocycles. The van der Waals surface area contributed by atoms with E-state index in [-0.39, 0.29) is 0 Å². The molecule has 2 aromatic rings. The van der Waals surface area contributed by atoms with E-state index in [1.807, 2.05) is 13.2 Å².